The van der Waals surface area contributed by atoms with Gasteiger partial charge in [0.25, 0.3) is 0 Å². The van der Waals surface area contributed by atoms with E-state index >= 15 is 0 Å². The van der Waals surface area contributed by atoms with Gasteiger partial charge in [-0.25, -0.2) is 9.18 Å². The van der Waals surface area contributed by atoms with Gasteiger partial charge in [0, 0.05) is 12.2 Å². The summed E-state index contributed by atoms with van der Waals surface area (Å²) in [4.78, 5) is 11.7. The number of benzene rings is 2. The number of hydrogen-bond donors (Lipinski definition) is 3. The van der Waals surface area contributed by atoms with Gasteiger partial charge in [-0.15, -0.1) is 0 Å². The number of aliphatic hydroxyl groups excluding tert-OH is 1. The van der Waals surface area contributed by atoms with Crippen LogP contribution in [-0.2, 0) is 0 Å². The molecule has 6 heteroatoms. The highest BCUT2D eigenvalue weighted by molar-refractivity contribution is 5.89. The molecule has 0 saturated heterocycles. The summed E-state index contributed by atoms with van der Waals surface area (Å²) in [5, 5.41) is 15.1. The molecule has 0 heterocycles. The minimum atomic E-state index is -0.829. The maximum Gasteiger partial charge on any atom is 0.319 e. The van der Waals surface area contributed by atoms with Crippen molar-refractivity contribution in [2.24, 2.45) is 0 Å². The minimum absolute atomic E-state index is 0.0549. The Morgan fingerprint density at radius 2 is 1.82 bits per heavy atom. The molecule has 0 saturated carbocycles. The van der Waals surface area contributed by atoms with E-state index in [2.05, 4.69) is 10.6 Å². The molecule has 0 aliphatic rings. The minimum Gasteiger partial charge on any atom is -0.497 e. The average Bonchev–Trinajstić information content (AvgIpc) is 2.55. The molecule has 22 heavy (non-hydrogen) atoms. The third kappa shape index (κ3) is 4.46. The van der Waals surface area contributed by atoms with E-state index in [9.17, 15) is 14.3 Å². The van der Waals surface area contributed by atoms with Crippen LogP contribution in [-0.4, -0.2) is 24.8 Å². The molecule has 1 atom stereocenters. The van der Waals surface area contributed by atoms with Crippen molar-refractivity contribution in [1.82, 2.24) is 5.32 Å². The quantitative estimate of drug-likeness (QED) is 0.795. The van der Waals surface area contributed by atoms with Crippen molar-refractivity contribution in [2.75, 3.05) is 19.0 Å². The van der Waals surface area contributed by atoms with Crippen LogP contribution in [0, 0.1) is 5.82 Å². The number of carbonyl (C=O) groups excluding carboxylic acids is 1. The van der Waals surface area contributed by atoms with Crippen molar-refractivity contribution in [3.8, 4) is 5.75 Å². The van der Waals surface area contributed by atoms with Crippen LogP contribution in [0.4, 0.5) is 14.9 Å². The number of halogens is 1. The fourth-order valence-corrected chi connectivity index (χ4v) is 1.84. The number of hydrogen-bond acceptors (Lipinski definition) is 3. The average molecular weight is 304 g/mol. The number of rotatable bonds is 5. The maximum absolute atomic E-state index is 12.7. The monoisotopic (exact) mass is 304 g/mol. The summed E-state index contributed by atoms with van der Waals surface area (Å²) in [6.07, 6.45) is -0.829. The molecule has 0 spiro atoms. The number of anilines is 1. The van der Waals surface area contributed by atoms with Crippen LogP contribution >= 0.6 is 0 Å². The zero-order valence-corrected chi connectivity index (χ0v) is 12.0. The van der Waals surface area contributed by atoms with E-state index in [0.29, 0.717) is 17.0 Å². The van der Waals surface area contributed by atoms with Gasteiger partial charge < -0.3 is 20.5 Å². The second-order valence-corrected chi connectivity index (χ2v) is 4.63. The molecule has 0 radical (unpaired) electrons. The molecule has 0 aliphatic heterocycles. The lowest BCUT2D eigenvalue weighted by atomic mass is 10.1. The number of carbonyl (C=O) groups is 1. The summed E-state index contributed by atoms with van der Waals surface area (Å²) >= 11 is 0. The summed E-state index contributed by atoms with van der Waals surface area (Å²) in [5.74, 6) is 0.318. The molecule has 0 aromatic heterocycles. The van der Waals surface area contributed by atoms with Crippen molar-refractivity contribution in [3.05, 3.63) is 59.9 Å². The van der Waals surface area contributed by atoms with Gasteiger partial charge in [0.05, 0.1) is 13.2 Å². The number of urea groups is 1. The fraction of sp³-hybridized carbons (Fsp3) is 0.188. The molecule has 5 nitrogen and oxygen atoms in total. The molecule has 116 valence electrons. The van der Waals surface area contributed by atoms with Gasteiger partial charge in [-0.3, -0.25) is 0 Å². The van der Waals surface area contributed by atoms with Crippen LogP contribution < -0.4 is 15.4 Å². The third-order valence-electron chi connectivity index (χ3n) is 3.06. The van der Waals surface area contributed by atoms with Crippen molar-refractivity contribution >= 4 is 11.7 Å². The summed E-state index contributed by atoms with van der Waals surface area (Å²) in [6.45, 7) is 0.0549. The lowest BCUT2D eigenvalue weighted by Gasteiger charge is -2.13. The number of amides is 2. The van der Waals surface area contributed by atoms with Gasteiger partial charge >= 0.3 is 6.03 Å². The number of nitrogens with one attached hydrogen (secondary N) is 2. The molecule has 2 rings (SSSR count). The Kier molecular flexibility index (Phi) is 5.32. The number of methoxy groups -OCH3 is 1. The molecule has 3 N–H and O–H groups in total. The van der Waals surface area contributed by atoms with Crippen molar-refractivity contribution in [3.63, 3.8) is 0 Å². The van der Waals surface area contributed by atoms with Gasteiger partial charge in [-0.05, 0) is 42.0 Å². The molecule has 0 fully saturated rings. The fourth-order valence-electron chi connectivity index (χ4n) is 1.84. The first-order valence-electron chi connectivity index (χ1n) is 6.71. The molecular weight excluding hydrogens is 287 g/mol. The Labute approximate surface area is 127 Å². The van der Waals surface area contributed by atoms with E-state index in [1.807, 2.05) is 0 Å². The summed E-state index contributed by atoms with van der Waals surface area (Å²) < 4.78 is 17.8. The smallest absolute Gasteiger partial charge is 0.319 e. The van der Waals surface area contributed by atoms with Crippen molar-refractivity contribution < 1.29 is 19.0 Å². The number of ether oxygens (including phenoxy) is 1. The van der Waals surface area contributed by atoms with Crippen LogP contribution in [0.15, 0.2) is 48.5 Å². The lowest BCUT2D eigenvalue weighted by molar-refractivity contribution is 0.175. The Morgan fingerprint density at radius 3 is 2.41 bits per heavy atom. The molecule has 1 unspecified atom stereocenters. The zero-order valence-electron chi connectivity index (χ0n) is 12.0. The second kappa shape index (κ2) is 7.42. The Balaban J connectivity index is 1.83. The summed E-state index contributed by atoms with van der Waals surface area (Å²) in [5.41, 5.74) is 1.14. The lowest BCUT2D eigenvalue weighted by Crippen LogP contribution is -2.32. The van der Waals surface area contributed by atoms with E-state index in [-0.39, 0.29) is 12.4 Å². The first-order valence-corrected chi connectivity index (χ1v) is 6.71. The largest absolute Gasteiger partial charge is 0.497 e. The molecule has 2 aromatic rings. The maximum atomic E-state index is 12.7. The van der Waals surface area contributed by atoms with Gasteiger partial charge in [0.15, 0.2) is 0 Å². The van der Waals surface area contributed by atoms with Crippen LogP contribution in [0.1, 0.15) is 11.7 Å². The van der Waals surface area contributed by atoms with Gasteiger partial charge in [-0.1, -0.05) is 12.1 Å². The topological polar surface area (TPSA) is 70.6 Å². The SMILES string of the molecule is COc1ccc(C(O)CNC(=O)Nc2ccc(F)cc2)cc1. The van der Waals surface area contributed by atoms with Crippen LogP contribution in [0.2, 0.25) is 0 Å². The van der Waals surface area contributed by atoms with Gasteiger partial charge in [-0.2, -0.15) is 0 Å². The van der Waals surface area contributed by atoms with E-state index in [0.717, 1.165) is 0 Å². The highest BCUT2D eigenvalue weighted by Gasteiger charge is 2.09. The molecule has 0 bridgehead atoms. The molecule has 2 aromatic carbocycles. The second-order valence-electron chi connectivity index (χ2n) is 4.63. The van der Waals surface area contributed by atoms with Crippen molar-refractivity contribution in [1.29, 1.82) is 0 Å². The molecule has 0 aliphatic carbocycles. The number of aliphatic hydroxyl groups is 1. The van der Waals surface area contributed by atoms with Gasteiger partial charge in [0.2, 0.25) is 0 Å². The first-order chi connectivity index (χ1) is 10.6. The summed E-state index contributed by atoms with van der Waals surface area (Å²) in [6, 6.07) is 11.9. The molecular formula is C16H17FN2O3. The Bertz CT molecular complexity index is 614. The van der Waals surface area contributed by atoms with E-state index in [1.54, 1.807) is 31.4 Å². The van der Waals surface area contributed by atoms with E-state index in [4.69, 9.17) is 4.74 Å². The normalized spacial score (nSPS) is 11.6. The van der Waals surface area contributed by atoms with Gasteiger partial charge in [0.1, 0.15) is 11.6 Å². The Hall–Kier alpha value is -2.60. The van der Waals surface area contributed by atoms with E-state index in [1.165, 1.54) is 24.3 Å². The van der Waals surface area contributed by atoms with Crippen molar-refractivity contribution in [2.45, 2.75) is 6.10 Å². The van der Waals surface area contributed by atoms with Crippen LogP contribution in [0.5, 0.6) is 5.75 Å². The first kappa shape index (κ1) is 15.8. The highest BCUT2D eigenvalue weighted by atomic mass is 19.1. The molecule has 2 amide bonds. The highest BCUT2D eigenvalue weighted by Crippen LogP contribution is 2.17. The van der Waals surface area contributed by atoms with Crippen LogP contribution in [0.3, 0.4) is 0 Å². The summed E-state index contributed by atoms with van der Waals surface area (Å²) in [7, 11) is 1.56. The van der Waals surface area contributed by atoms with E-state index < -0.39 is 12.1 Å². The third-order valence-corrected chi connectivity index (χ3v) is 3.06. The van der Waals surface area contributed by atoms with Crippen LogP contribution in [0.25, 0.3) is 0 Å². The standard InChI is InChI=1S/C16H17FN2O3/c1-22-14-8-2-11(3-9-14)15(20)10-18-16(21)19-13-6-4-12(17)5-7-13/h2-9,15,20H,10H2,1H3,(H2,18,19,21). The predicted octanol–water partition coefficient (Wildman–Crippen LogP) is 2.69. The zero-order chi connectivity index (χ0) is 15.9. The Morgan fingerprint density at radius 1 is 1.18 bits per heavy atom. The predicted molar refractivity (Wildman–Crippen MR) is 81.4 cm³/mol.